The summed E-state index contributed by atoms with van der Waals surface area (Å²) in [7, 11) is 1.64. The van der Waals surface area contributed by atoms with Gasteiger partial charge < -0.3 is 10.1 Å². The predicted molar refractivity (Wildman–Crippen MR) is 96.5 cm³/mol. The van der Waals surface area contributed by atoms with Gasteiger partial charge in [-0.15, -0.1) is 11.8 Å². The van der Waals surface area contributed by atoms with E-state index in [-0.39, 0.29) is 11.2 Å². The molecule has 122 valence electrons. The number of hydrogen-bond donors (Lipinski definition) is 1. The van der Waals surface area contributed by atoms with Gasteiger partial charge in [0.1, 0.15) is 5.75 Å². The molecule has 1 amide bonds. The predicted octanol–water partition coefficient (Wildman–Crippen LogP) is 4.19. The van der Waals surface area contributed by atoms with Crippen molar-refractivity contribution < 1.29 is 9.53 Å². The number of halogens is 1. The normalized spacial score (nSPS) is 11.8. The first-order chi connectivity index (χ1) is 11.1. The first-order valence-electron chi connectivity index (χ1n) is 7.41. The van der Waals surface area contributed by atoms with Crippen molar-refractivity contribution in [1.82, 2.24) is 5.32 Å². The van der Waals surface area contributed by atoms with Crippen LogP contribution in [-0.2, 0) is 11.2 Å². The van der Waals surface area contributed by atoms with Crippen molar-refractivity contribution in [3.8, 4) is 5.75 Å². The zero-order valence-corrected chi connectivity index (χ0v) is 14.8. The van der Waals surface area contributed by atoms with E-state index in [0.717, 1.165) is 27.7 Å². The van der Waals surface area contributed by atoms with E-state index in [9.17, 15) is 4.79 Å². The van der Waals surface area contributed by atoms with Crippen LogP contribution in [0.3, 0.4) is 0 Å². The summed E-state index contributed by atoms with van der Waals surface area (Å²) in [5.74, 6) is 0.856. The molecule has 1 unspecified atom stereocenters. The molecule has 0 saturated heterocycles. The molecule has 0 aliphatic heterocycles. The maximum atomic E-state index is 12.1. The van der Waals surface area contributed by atoms with E-state index in [2.05, 4.69) is 5.32 Å². The van der Waals surface area contributed by atoms with Gasteiger partial charge in [-0.3, -0.25) is 4.79 Å². The van der Waals surface area contributed by atoms with Gasteiger partial charge in [0.2, 0.25) is 5.91 Å². The van der Waals surface area contributed by atoms with Crippen LogP contribution in [0.5, 0.6) is 5.75 Å². The van der Waals surface area contributed by atoms with Gasteiger partial charge in [-0.25, -0.2) is 0 Å². The van der Waals surface area contributed by atoms with Gasteiger partial charge in [-0.2, -0.15) is 0 Å². The van der Waals surface area contributed by atoms with Gasteiger partial charge in [0, 0.05) is 16.5 Å². The number of methoxy groups -OCH3 is 1. The third kappa shape index (κ3) is 5.81. The van der Waals surface area contributed by atoms with E-state index in [1.165, 1.54) is 11.8 Å². The van der Waals surface area contributed by atoms with Crippen molar-refractivity contribution >= 4 is 29.3 Å². The Labute approximate surface area is 146 Å². The van der Waals surface area contributed by atoms with Crippen molar-refractivity contribution in [2.24, 2.45) is 0 Å². The summed E-state index contributed by atoms with van der Waals surface area (Å²) in [5.41, 5.74) is 1.16. The third-order valence-corrected chi connectivity index (χ3v) is 4.73. The number of ether oxygens (including phenoxy) is 1. The number of hydrogen-bond acceptors (Lipinski definition) is 3. The van der Waals surface area contributed by atoms with Gasteiger partial charge in [0.05, 0.1) is 12.4 Å². The number of nitrogens with one attached hydrogen (secondary N) is 1. The Balaban J connectivity index is 1.76. The van der Waals surface area contributed by atoms with E-state index in [4.69, 9.17) is 16.3 Å². The molecule has 3 nitrogen and oxygen atoms in total. The van der Waals surface area contributed by atoms with Crippen LogP contribution in [0.25, 0.3) is 0 Å². The first-order valence-corrected chi connectivity index (χ1v) is 8.67. The molecule has 5 heteroatoms. The van der Waals surface area contributed by atoms with Crippen LogP contribution in [0.15, 0.2) is 53.4 Å². The van der Waals surface area contributed by atoms with Crippen molar-refractivity contribution in [2.45, 2.75) is 23.5 Å². The van der Waals surface area contributed by atoms with Crippen molar-refractivity contribution in [3.05, 3.63) is 59.1 Å². The zero-order chi connectivity index (χ0) is 16.7. The molecule has 1 N–H and O–H groups in total. The highest BCUT2D eigenvalue weighted by atomic mass is 35.5. The molecule has 2 aromatic rings. The molecule has 0 aliphatic rings. The Bertz CT molecular complexity index is 628. The minimum absolute atomic E-state index is 0.0415. The van der Waals surface area contributed by atoms with Crippen molar-refractivity contribution in [2.75, 3.05) is 13.7 Å². The van der Waals surface area contributed by atoms with Crippen LogP contribution in [0.1, 0.15) is 12.5 Å². The average Bonchev–Trinajstić information content (AvgIpc) is 2.57. The first kappa shape index (κ1) is 17.7. The van der Waals surface area contributed by atoms with Crippen LogP contribution in [0.2, 0.25) is 5.02 Å². The summed E-state index contributed by atoms with van der Waals surface area (Å²) in [5, 5.41) is 3.55. The molecule has 0 aliphatic carbocycles. The largest absolute Gasteiger partial charge is 0.497 e. The maximum absolute atomic E-state index is 12.1. The number of thioether (sulfide) groups is 1. The Morgan fingerprint density at radius 1 is 1.17 bits per heavy atom. The molecule has 0 spiro atoms. The summed E-state index contributed by atoms with van der Waals surface area (Å²) in [6.07, 6.45) is 0.794. The lowest BCUT2D eigenvalue weighted by atomic mass is 10.1. The monoisotopic (exact) mass is 349 g/mol. The van der Waals surface area contributed by atoms with Gasteiger partial charge in [0.25, 0.3) is 0 Å². The molecule has 2 rings (SSSR count). The summed E-state index contributed by atoms with van der Waals surface area (Å²) in [6.45, 7) is 2.53. The number of benzene rings is 2. The smallest absolute Gasteiger partial charge is 0.233 e. The lowest BCUT2D eigenvalue weighted by Gasteiger charge is -2.12. The fourth-order valence-electron chi connectivity index (χ4n) is 2.04. The molecule has 1 atom stereocenters. The average molecular weight is 350 g/mol. The number of carbonyl (C=O) groups excluding carboxylic acids is 1. The molecular weight excluding hydrogens is 330 g/mol. The number of carbonyl (C=O) groups is 1. The van der Waals surface area contributed by atoms with E-state index in [1.54, 1.807) is 7.11 Å². The number of rotatable bonds is 7. The lowest BCUT2D eigenvalue weighted by molar-refractivity contribution is -0.120. The second-order valence-electron chi connectivity index (χ2n) is 5.10. The molecule has 0 fully saturated rings. The summed E-state index contributed by atoms with van der Waals surface area (Å²) >= 11 is 7.39. The van der Waals surface area contributed by atoms with E-state index >= 15 is 0 Å². The van der Waals surface area contributed by atoms with E-state index in [0.29, 0.717) is 6.54 Å². The number of amides is 1. The third-order valence-electron chi connectivity index (χ3n) is 3.37. The Hall–Kier alpha value is -1.65. The highest BCUT2D eigenvalue weighted by molar-refractivity contribution is 8.00. The Kier molecular flexibility index (Phi) is 6.81. The zero-order valence-electron chi connectivity index (χ0n) is 13.2. The second-order valence-corrected chi connectivity index (χ2v) is 6.95. The van der Waals surface area contributed by atoms with E-state index < -0.39 is 0 Å². The lowest BCUT2D eigenvalue weighted by Crippen LogP contribution is -2.32. The Morgan fingerprint density at radius 2 is 1.83 bits per heavy atom. The fraction of sp³-hybridized carbons (Fsp3) is 0.278. The van der Waals surface area contributed by atoms with Gasteiger partial charge in [-0.05, 0) is 55.3 Å². The molecular formula is C18H20ClNO2S. The molecule has 0 aromatic heterocycles. The highest BCUT2D eigenvalue weighted by Gasteiger charge is 2.13. The van der Waals surface area contributed by atoms with Gasteiger partial charge in [-0.1, -0.05) is 23.7 Å². The van der Waals surface area contributed by atoms with Crippen LogP contribution >= 0.6 is 23.4 Å². The fourth-order valence-corrected chi connectivity index (χ4v) is 3.05. The second kappa shape index (κ2) is 8.85. The van der Waals surface area contributed by atoms with Crippen LogP contribution < -0.4 is 10.1 Å². The van der Waals surface area contributed by atoms with Crippen molar-refractivity contribution in [3.63, 3.8) is 0 Å². The van der Waals surface area contributed by atoms with Gasteiger partial charge in [0.15, 0.2) is 0 Å². The summed E-state index contributed by atoms with van der Waals surface area (Å²) < 4.78 is 5.13. The minimum Gasteiger partial charge on any atom is -0.497 e. The SMILES string of the molecule is COc1ccc(SC(C)C(=O)NCCc2ccc(Cl)cc2)cc1. The topological polar surface area (TPSA) is 38.3 Å². The van der Waals surface area contributed by atoms with Crippen molar-refractivity contribution in [1.29, 1.82) is 0 Å². The quantitative estimate of drug-likeness (QED) is 0.762. The summed E-state index contributed by atoms with van der Waals surface area (Å²) in [6, 6.07) is 15.4. The molecule has 23 heavy (non-hydrogen) atoms. The molecule has 2 aromatic carbocycles. The van der Waals surface area contributed by atoms with Gasteiger partial charge >= 0.3 is 0 Å². The Morgan fingerprint density at radius 3 is 2.43 bits per heavy atom. The van der Waals surface area contributed by atoms with Crippen LogP contribution in [-0.4, -0.2) is 24.8 Å². The highest BCUT2D eigenvalue weighted by Crippen LogP contribution is 2.25. The minimum atomic E-state index is -0.145. The maximum Gasteiger partial charge on any atom is 0.233 e. The summed E-state index contributed by atoms with van der Waals surface area (Å²) in [4.78, 5) is 13.2. The van der Waals surface area contributed by atoms with E-state index in [1.807, 2.05) is 55.5 Å². The standard InChI is InChI=1S/C18H20ClNO2S/c1-13(23-17-9-7-16(22-2)8-10-17)18(21)20-12-11-14-3-5-15(19)6-4-14/h3-10,13H,11-12H2,1-2H3,(H,20,21). The molecule has 0 saturated carbocycles. The molecule has 0 radical (unpaired) electrons. The van der Waals surface area contributed by atoms with Crippen LogP contribution in [0, 0.1) is 0 Å². The molecule has 0 bridgehead atoms. The van der Waals surface area contributed by atoms with Crippen LogP contribution in [0.4, 0.5) is 0 Å². The molecule has 0 heterocycles.